The summed E-state index contributed by atoms with van der Waals surface area (Å²) in [5.74, 6) is 0.186. The molecule has 1 unspecified atom stereocenters. The van der Waals surface area contributed by atoms with Crippen molar-refractivity contribution in [2.24, 2.45) is 5.92 Å². The standard InChI is InChI=1S/C18H24N4OS2/c1-5-15-21-22-18(25-15)20-17(24)19-16(23)12(4)14-8-6-13(7-9-14)10-11(2)3/h6-9,11-12H,5,10H2,1-4H3,(H2,19,20,22,23,24). The Morgan fingerprint density at radius 3 is 2.44 bits per heavy atom. The summed E-state index contributed by atoms with van der Waals surface area (Å²) in [6.07, 6.45) is 1.86. The number of aryl methyl sites for hydroxylation is 1. The number of carbonyl (C=O) groups excluding carboxylic acids is 1. The molecule has 0 spiro atoms. The van der Waals surface area contributed by atoms with Gasteiger partial charge >= 0.3 is 0 Å². The van der Waals surface area contributed by atoms with E-state index >= 15 is 0 Å². The molecule has 2 aromatic rings. The summed E-state index contributed by atoms with van der Waals surface area (Å²) in [4.78, 5) is 12.4. The SMILES string of the molecule is CCc1nnc(NC(=S)NC(=O)C(C)c2ccc(CC(C)C)cc2)s1. The van der Waals surface area contributed by atoms with Crippen LogP contribution in [0.5, 0.6) is 0 Å². The van der Waals surface area contributed by atoms with Crippen molar-refractivity contribution in [3.05, 3.63) is 40.4 Å². The van der Waals surface area contributed by atoms with Crippen LogP contribution in [0.4, 0.5) is 5.13 Å². The first-order valence-electron chi connectivity index (χ1n) is 8.42. The third kappa shape index (κ3) is 5.86. The first-order valence-corrected chi connectivity index (χ1v) is 9.64. The molecule has 1 aromatic heterocycles. The average Bonchev–Trinajstić information content (AvgIpc) is 3.01. The molecular weight excluding hydrogens is 352 g/mol. The van der Waals surface area contributed by atoms with Gasteiger partial charge in [-0.1, -0.05) is 56.4 Å². The van der Waals surface area contributed by atoms with E-state index in [0.717, 1.165) is 23.4 Å². The van der Waals surface area contributed by atoms with Crippen molar-refractivity contribution < 1.29 is 4.79 Å². The molecule has 5 nitrogen and oxygen atoms in total. The lowest BCUT2D eigenvalue weighted by Crippen LogP contribution is -2.36. The molecule has 2 rings (SSSR count). The van der Waals surface area contributed by atoms with Crippen molar-refractivity contribution in [3.8, 4) is 0 Å². The monoisotopic (exact) mass is 376 g/mol. The molecule has 2 N–H and O–H groups in total. The Hall–Kier alpha value is -1.86. The van der Waals surface area contributed by atoms with Gasteiger partial charge in [0.15, 0.2) is 5.11 Å². The third-order valence-corrected chi connectivity index (χ3v) is 4.93. The highest BCUT2D eigenvalue weighted by molar-refractivity contribution is 7.80. The Bertz CT molecular complexity index is 725. The quantitative estimate of drug-likeness (QED) is 0.748. The minimum absolute atomic E-state index is 0.144. The van der Waals surface area contributed by atoms with E-state index in [1.165, 1.54) is 16.9 Å². The highest BCUT2D eigenvalue weighted by Gasteiger charge is 2.17. The summed E-state index contributed by atoms with van der Waals surface area (Å²) in [6, 6.07) is 8.19. The maximum Gasteiger partial charge on any atom is 0.233 e. The van der Waals surface area contributed by atoms with Crippen molar-refractivity contribution in [2.45, 2.75) is 46.5 Å². The van der Waals surface area contributed by atoms with Crippen LogP contribution in [0.15, 0.2) is 24.3 Å². The second kappa shape index (κ2) is 9.01. The summed E-state index contributed by atoms with van der Waals surface area (Å²) in [5.41, 5.74) is 2.25. The van der Waals surface area contributed by atoms with Gasteiger partial charge in [0.05, 0.1) is 5.92 Å². The fourth-order valence-corrected chi connectivity index (χ4v) is 3.31. The van der Waals surface area contributed by atoms with Crippen molar-refractivity contribution in [1.29, 1.82) is 0 Å². The molecule has 0 saturated heterocycles. The smallest absolute Gasteiger partial charge is 0.233 e. The molecule has 7 heteroatoms. The Morgan fingerprint density at radius 1 is 1.20 bits per heavy atom. The zero-order valence-electron chi connectivity index (χ0n) is 15.0. The van der Waals surface area contributed by atoms with Gasteiger partial charge in [0.25, 0.3) is 0 Å². The second-order valence-corrected chi connectivity index (χ2v) is 7.83. The number of nitrogens with zero attached hydrogens (tertiary/aromatic N) is 2. The molecule has 1 amide bonds. The molecule has 0 aliphatic carbocycles. The molecule has 1 atom stereocenters. The van der Waals surface area contributed by atoms with Gasteiger partial charge in [-0.15, -0.1) is 10.2 Å². The lowest BCUT2D eigenvalue weighted by atomic mass is 9.96. The normalized spacial score (nSPS) is 12.0. The Labute approximate surface area is 158 Å². The van der Waals surface area contributed by atoms with E-state index in [0.29, 0.717) is 11.0 Å². The van der Waals surface area contributed by atoms with E-state index in [9.17, 15) is 4.79 Å². The molecule has 25 heavy (non-hydrogen) atoms. The maximum absolute atomic E-state index is 12.4. The number of hydrogen-bond donors (Lipinski definition) is 2. The predicted molar refractivity (Wildman–Crippen MR) is 107 cm³/mol. The van der Waals surface area contributed by atoms with Crippen LogP contribution in [0.1, 0.15) is 49.7 Å². The fourth-order valence-electron chi connectivity index (χ4n) is 2.36. The van der Waals surface area contributed by atoms with Gasteiger partial charge < -0.3 is 10.6 Å². The number of thiocarbonyl (C=S) groups is 1. The van der Waals surface area contributed by atoms with E-state index in [1.54, 1.807) is 0 Å². The van der Waals surface area contributed by atoms with Crippen molar-refractivity contribution in [1.82, 2.24) is 15.5 Å². The number of nitrogens with one attached hydrogen (secondary N) is 2. The van der Waals surface area contributed by atoms with Crippen LogP contribution in [-0.2, 0) is 17.6 Å². The average molecular weight is 377 g/mol. The van der Waals surface area contributed by atoms with Gasteiger partial charge in [-0.05, 0) is 49.0 Å². The highest BCUT2D eigenvalue weighted by Crippen LogP contribution is 2.18. The van der Waals surface area contributed by atoms with Crippen LogP contribution in [0.2, 0.25) is 0 Å². The minimum atomic E-state index is -0.284. The molecule has 0 radical (unpaired) electrons. The summed E-state index contributed by atoms with van der Waals surface area (Å²) in [7, 11) is 0. The maximum atomic E-state index is 12.4. The molecule has 0 saturated carbocycles. The highest BCUT2D eigenvalue weighted by atomic mass is 32.1. The Morgan fingerprint density at radius 2 is 1.88 bits per heavy atom. The van der Waals surface area contributed by atoms with Gasteiger partial charge in [-0.25, -0.2) is 0 Å². The zero-order valence-corrected chi connectivity index (χ0v) is 16.6. The Balaban J connectivity index is 1.91. The number of benzene rings is 1. The third-order valence-electron chi connectivity index (χ3n) is 3.74. The second-order valence-electron chi connectivity index (χ2n) is 6.36. The van der Waals surface area contributed by atoms with Gasteiger partial charge in [0, 0.05) is 0 Å². The molecule has 0 aliphatic rings. The first kappa shape index (κ1) is 19.5. The van der Waals surface area contributed by atoms with E-state index in [-0.39, 0.29) is 16.9 Å². The largest absolute Gasteiger partial charge is 0.307 e. The van der Waals surface area contributed by atoms with Crippen LogP contribution < -0.4 is 10.6 Å². The lowest BCUT2D eigenvalue weighted by Gasteiger charge is -2.14. The van der Waals surface area contributed by atoms with Crippen LogP contribution in [0, 0.1) is 5.92 Å². The van der Waals surface area contributed by atoms with Crippen molar-refractivity contribution >= 4 is 39.7 Å². The van der Waals surface area contributed by atoms with Gasteiger partial charge in [-0.3, -0.25) is 4.79 Å². The topological polar surface area (TPSA) is 66.9 Å². The molecule has 0 bridgehead atoms. The van der Waals surface area contributed by atoms with Gasteiger partial charge in [0.2, 0.25) is 11.0 Å². The first-order chi connectivity index (χ1) is 11.9. The van der Waals surface area contributed by atoms with Crippen molar-refractivity contribution in [2.75, 3.05) is 5.32 Å². The number of anilines is 1. The van der Waals surface area contributed by atoms with Crippen molar-refractivity contribution in [3.63, 3.8) is 0 Å². The fraction of sp³-hybridized carbons (Fsp3) is 0.444. The van der Waals surface area contributed by atoms with Crippen LogP contribution >= 0.6 is 23.6 Å². The molecule has 0 fully saturated rings. The molecule has 134 valence electrons. The molecule has 0 aliphatic heterocycles. The summed E-state index contributed by atoms with van der Waals surface area (Å²) >= 11 is 6.62. The summed E-state index contributed by atoms with van der Waals surface area (Å²) in [6.45, 7) is 8.27. The number of amides is 1. The van der Waals surface area contributed by atoms with Crippen LogP contribution in [-0.4, -0.2) is 21.2 Å². The lowest BCUT2D eigenvalue weighted by molar-refractivity contribution is -0.120. The summed E-state index contributed by atoms with van der Waals surface area (Å²) in [5, 5.41) is 15.4. The van der Waals surface area contributed by atoms with Crippen LogP contribution in [0.3, 0.4) is 0 Å². The van der Waals surface area contributed by atoms with E-state index in [2.05, 4.69) is 46.8 Å². The molecule has 1 aromatic carbocycles. The van der Waals surface area contributed by atoms with E-state index < -0.39 is 0 Å². The van der Waals surface area contributed by atoms with Gasteiger partial charge in [-0.2, -0.15) is 0 Å². The minimum Gasteiger partial charge on any atom is -0.307 e. The zero-order chi connectivity index (χ0) is 18.4. The number of carbonyl (C=O) groups is 1. The number of aromatic nitrogens is 2. The predicted octanol–water partition coefficient (Wildman–Crippen LogP) is 3.92. The Kier molecular flexibility index (Phi) is 7.01. The molecule has 1 heterocycles. The molecular formula is C18H24N4OS2. The van der Waals surface area contributed by atoms with E-state index in [1.807, 2.05) is 26.0 Å². The van der Waals surface area contributed by atoms with E-state index in [4.69, 9.17) is 12.2 Å². The summed E-state index contributed by atoms with van der Waals surface area (Å²) < 4.78 is 0. The number of rotatable bonds is 6. The number of hydrogen-bond acceptors (Lipinski definition) is 5. The van der Waals surface area contributed by atoms with Gasteiger partial charge in [0.1, 0.15) is 5.01 Å². The van der Waals surface area contributed by atoms with Crippen LogP contribution in [0.25, 0.3) is 0 Å².